The van der Waals surface area contributed by atoms with Gasteiger partial charge in [0.1, 0.15) is 10.8 Å². The fourth-order valence-corrected chi connectivity index (χ4v) is 4.55. The lowest BCUT2D eigenvalue weighted by Crippen LogP contribution is -2.37. The van der Waals surface area contributed by atoms with Crippen molar-refractivity contribution in [2.45, 2.75) is 25.6 Å². The first kappa shape index (κ1) is 24.0. The zero-order chi connectivity index (χ0) is 24.3. The van der Waals surface area contributed by atoms with E-state index in [0.717, 1.165) is 17.8 Å². The van der Waals surface area contributed by atoms with Crippen LogP contribution in [0.5, 0.6) is 0 Å². The van der Waals surface area contributed by atoms with Gasteiger partial charge in [-0.2, -0.15) is 13.2 Å². The lowest BCUT2D eigenvalue weighted by atomic mass is 10.1. The predicted octanol–water partition coefficient (Wildman–Crippen LogP) is 4.09. The molecule has 0 bridgehead atoms. The summed E-state index contributed by atoms with van der Waals surface area (Å²) in [6.07, 6.45) is -3.06. The number of anilines is 1. The molecule has 1 amide bonds. The quantitative estimate of drug-likeness (QED) is 0.434. The summed E-state index contributed by atoms with van der Waals surface area (Å²) in [5.74, 6) is 0.470. The molecule has 1 aliphatic rings. The summed E-state index contributed by atoms with van der Waals surface area (Å²) in [6, 6.07) is 8.87. The molecular weight excluding hydrogens is 467 g/mol. The Bertz CT molecular complexity index is 1230. The molecule has 7 nitrogen and oxygen atoms in total. The highest BCUT2D eigenvalue weighted by atomic mass is 32.1. The second kappa shape index (κ2) is 9.98. The van der Waals surface area contributed by atoms with E-state index in [-0.39, 0.29) is 12.5 Å². The van der Waals surface area contributed by atoms with Crippen molar-refractivity contribution in [2.75, 3.05) is 31.6 Å². The minimum atomic E-state index is -4.39. The lowest BCUT2D eigenvalue weighted by Gasteiger charge is -2.27. The number of unbranched alkanes of at least 4 members (excludes halogenated alkanes) is 1. The van der Waals surface area contributed by atoms with Crippen LogP contribution in [0.25, 0.3) is 10.2 Å². The molecule has 0 fully saturated rings. The van der Waals surface area contributed by atoms with Crippen LogP contribution in [0.15, 0.2) is 41.4 Å². The largest absolute Gasteiger partial charge is 0.416 e. The van der Waals surface area contributed by atoms with Gasteiger partial charge >= 0.3 is 6.18 Å². The van der Waals surface area contributed by atoms with E-state index in [9.17, 15) is 18.0 Å². The summed E-state index contributed by atoms with van der Waals surface area (Å²) in [4.78, 5) is 23.5. The number of amidine groups is 1. The molecule has 180 valence electrons. The van der Waals surface area contributed by atoms with E-state index in [4.69, 9.17) is 5.11 Å². The number of likely N-dealkylation sites (N-methyl/N-ethyl adjacent to an activating group) is 1. The Hall–Kier alpha value is -3.18. The molecule has 2 heterocycles. The summed E-state index contributed by atoms with van der Waals surface area (Å²) >= 11 is 1.21. The van der Waals surface area contributed by atoms with E-state index >= 15 is 0 Å². The zero-order valence-corrected chi connectivity index (χ0v) is 19.3. The second-order valence-electron chi connectivity index (χ2n) is 7.95. The van der Waals surface area contributed by atoms with Crippen molar-refractivity contribution < 1.29 is 23.1 Å². The Labute approximate surface area is 198 Å². The molecule has 3 N–H and O–H groups in total. The van der Waals surface area contributed by atoms with Crippen molar-refractivity contribution in [3.63, 3.8) is 0 Å². The van der Waals surface area contributed by atoms with E-state index in [2.05, 4.69) is 20.6 Å². The number of amides is 1. The number of halogens is 3. The summed E-state index contributed by atoms with van der Waals surface area (Å²) in [5.41, 5.74) is 1.87. The van der Waals surface area contributed by atoms with E-state index in [1.165, 1.54) is 17.4 Å². The summed E-state index contributed by atoms with van der Waals surface area (Å²) < 4.78 is 39.4. The van der Waals surface area contributed by atoms with E-state index in [0.29, 0.717) is 64.8 Å². The molecule has 11 heteroatoms. The third-order valence-corrected chi connectivity index (χ3v) is 6.38. The molecule has 0 spiro atoms. The molecule has 3 aromatic rings. The van der Waals surface area contributed by atoms with Gasteiger partial charge < -0.3 is 20.6 Å². The van der Waals surface area contributed by atoms with Crippen molar-refractivity contribution in [3.8, 4) is 0 Å². The van der Waals surface area contributed by atoms with Crippen LogP contribution in [0.4, 0.5) is 24.5 Å². The van der Waals surface area contributed by atoms with Crippen LogP contribution >= 0.6 is 11.3 Å². The Morgan fingerprint density at radius 1 is 1.21 bits per heavy atom. The standard InChI is InChI=1S/C23H24F3N5O2S/c1-31-13-20(28-12-21-30-16-6-5-15(23(24,25)26)11-19(16)34-21)29-17-10-14(4-7-18(17)31)22(33)27-8-2-3-9-32/h4-7,10-11,32H,2-3,8-9,12-13H2,1H3,(H,27,33)(H,28,29). The average molecular weight is 492 g/mol. The Morgan fingerprint density at radius 3 is 2.79 bits per heavy atom. The topological polar surface area (TPSA) is 89.8 Å². The van der Waals surface area contributed by atoms with Gasteiger partial charge in [0.05, 0.1) is 40.2 Å². The number of aliphatic hydroxyl groups is 1. The van der Waals surface area contributed by atoms with Gasteiger partial charge in [-0.25, -0.2) is 9.98 Å². The van der Waals surface area contributed by atoms with Gasteiger partial charge in [-0.05, 0) is 49.2 Å². The van der Waals surface area contributed by atoms with Crippen molar-refractivity contribution in [1.29, 1.82) is 0 Å². The number of aromatic nitrogens is 1. The summed E-state index contributed by atoms with van der Waals surface area (Å²) in [6.45, 7) is 1.42. The molecule has 0 saturated heterocycles. The number of benzene rings is 2. The number of hydrogen-bond acceptors (Lipinski definition) is 7. The van der Waals surface area contributed by atoms with Crippen LogP contribution in [0, 0.1) is 0 Å². The molecular formula is C23H24F3N5O2S. The van der Waals surface area contributed by atoms with E-state index in [1.807, 2.05) is 18.0 Å². The first-order valence-electron chi connectivity index (χ1n) is 10.8. The molecule has 2 aromatic carbocycles. The number of carbonyl (C=O) groups excluding carboxylic acids is 1. The fraction of sp³-hybridized carbons (Fsp3) is 0.348. The number of thiazole rings is 1. The Kier molecular flexibility index (Phi) is 7.03. The van der Waals surface area contributed by atoms with Crippen molar-refractivity contribution in [2.24, 2.45) is 4.99 Å². The van der Waals surface area contributed by atoms with E-state index in [1.54, 1.807) is 12.1 Å². The molecule has 1 aliphatic heterocycles. The third-order valence-electron chi connectivity index (χ3n) is 5.37. The molecule has 34 heavy (non-hydrogen) atoms. The van der Waals surface area contributed by atoms with Crippen LogP contribution in [0.1, 0.15) is 33.8 Å². The molecule has 0 radical (unpaired) electrons. The molecule has 1 aromatic heterocycles. The molecule has 0 unspecified atom stereocenters. The first-order chi connectivity index (χ1) is 16.2. The maximum absolute atomic E-state index is 13.0. The summed E-state index contributed by atoms with van der Waals surface area (Å²) in [7, 11) is 1.92. The number of nitrogens with one attached hydrogen (secondary N) is 2. The smallest absolute Gasteiger partial charge is 0.396 e. The van der Waals surface area contributed by atoms with Crippen LogP contribution in [0.2, 0.25) is 0 Å². The number of alkyl halides is 3. The van der Waals surface area contributed by atoms with Crippen molar-refractivity contribution in [1.82, 2.24) is 15.6 Å². The van der Waals surface area contributed by atoms with Gasteiger partial charge in [0.2, 0.25) is 0 Å². The van der Waals surface area contributed by atoms with Gasteiger partial charge in [-0.1, -0.05) is 0 Å². The van der Waals surface area contributed by atoms with Crippen LogP contribution in [-0.4, -0.2) is 48.6 Å². The molecule has 0 saturated carbocycles. The van der Waals surface area contributed by atoms with Crippen LogP contribution in [0.3, 0.4) is 0 Å². The third kappa shape index (κ3) is 5.48. The van der Waals surface area contributed by atoms with Gasteiger partial charge in [0, 0.05) is 25.8 Å². The normalized spacial score (nSPS) is 13.6. The molecule has 0 aliphatic carbocycles. The average Bonchev–Trinajstić information content (AvgIpc) is 3.22. The number of aliphatic imine (C=N–C) groups is 1. The maximum Gasteiger partial charge on any atom is 0.416 e. The van der Waals surface area contributed by atoms with Crippen molar-refractivity contribution in [3.05, 3.63) is 52.5 Å². The van der Waals surface area contributed by atoms with Gasteiger partial charge in [-0.15, -0.1) is 11.3 Å². The minimum absolute atomic E-state index is 0.0944. The number of nitrogens with zero attached hydrogens (tertiary/aromatic N) is 3. The number of fused-ring (bicyclic) bond motifs is 2. The van der Waals surface area contributed by atoms with Crippen LogP contribution in [-0.2, 0) is 12.7 Å². The van der Waals surface area contributed by atoms with Crippen LogP contribution < -0.4 is 15.5 Å². The highest BCUT2D eigenvalue weighted by Gasteiger charge is 2.30. The lowest BCUT2D eigenvalue weighted by molar-refractivity contribution is -0.137. The maximum atomic E-state index is 13.0. The first-order valence-corrected chi connectivity index (χ1v) is 11.6. The number of carbonyl (C=O) groups is 1. The number of rotatable bonds is 7. The molecule has 0 atom stereocenters. The Morgan fingerprint density at radius 2 is 2.03 bits per heavy atom. The number of hydrogen-bond donors (Lipinski definition) is 3. The fourth-order valence-electron chi connectivity index (χ4n) is 3.61. The predicted molar refractivity (Wildman–Crippen MR) is 127 cm³/mol. The zero-order valence-electron chi connectivity index (χ0n) is 18.4. The minimum Gasteiger partial charge on any atom is -0.396 e. The highest BCUT2D eigenvalue weighted by Crippen LogP contribution is 2.34. The summed E-state index contributed by atoms with van der Waals surface area (Å²) in [5, 5.41) is 15.5. The van der Waals surface area contributed by atoms with Gasteiger partial charge in [0.25, 0.3) is 5.91 Å². The Balaban J connectivity index is 1.46. The van der Waals surface area contributed by atoms with E-state index < -0.39 is 11.7 Å². The SMILES string of the molecule is CN1CC(NCc2nc3ccc(C(F)(F)F)cc3s2)=Nc2cc(C(=O)NCCCCO)ccc21. The van der Waals surface area contributed by atoms with Gasteiger partial charge in [-0.3, -0.25) is 4.79 Å². The van der Waals surface area contributed by atoms with Crippen molar-refractivity contribution >= 4 is 44.7 Å². The highest BCUT2D eigenvalue weighted by molar-refractivity contribution is 7.18. The van der Waals surface area contributed by atoms with Gasteiger partial charge in [0.15, 0.2) is 0 Å². The second-order valence-corrected chi connectivity index (χ2v) is 9.06. The molecule has 4 rings (SSSR count). The monoisotopic (exact) mass is 491 g/mol. The number of aliphatic hydroxyl groups excluding tert-OH is 1.